The van der Waals surface area contributed by atoms with Crippen molar-refractivity contribution in [2.45, 2.75) is 25.6 Å². The van der Waals surface area contributed by atoms with Crippen LogP contribution in [0.2, 0.25) is 0 Å². The van der Waals surface area contributed by atoms with Crippen molar-refractivity contribution in [2.75, 3.05) is 29.7 Å². The molecule has 1 atom stereocenters. The van der Waals surface area contributed by atoms with E-state index >= 15 is 0 Å². The number of methoxy groups -OCH3 is 1. The summed E-state index contributed by atoms with van der Waals surface area (Å²) >= 11 is 0. The van der Waals surface area contributed by atoms with Crippen LogP contribution in [0.25, 0.3) is 5.57 Å². The van der Waals surface area contributed by atoms with E-state index in [9.17, 15) is 22.4 Å². The third-order valence-corrected chi connectivity index (χ3v) is 4.70. The zero-order valence-corrected chi connectivity index (χ0v) is 16.4. The fraction of sp³-hybridized carbons (Fsp3) is 0.286. The van der Waals surface area contributed by atoms with Crippen LogP contribution < -0.4 is 16.0 Å². The number of anilines is 3. The number of fused-ring (bicyclic) bond motifs is 1. The maximum Gasteiger partial charge on any atom is 0.418 e. The lowest BCUT2D eigenvalue weighted by molar-refractivity contribution is -0.137. The van der Waals surface area contributed by atoms with Crippen LogP contribution in [0.5, 0.6) is 0 Å². The third-order valence-electron chi connectivity index (χ3n) is 4.70. The topological polar surface area (TPSA) is 62.4 Å². The Kier molecular flexibility index (Phi) is 6.31. The van der Waals surface area contributed by atoms with E-state index in [2.05, 4.69) is 16.0 Å². The second-order valence-electron chi connectivity index (χ2n) is 6.78. The summed E-state index contributed by atoms with van der Waals surface area (Å²) in [4.78, 5) is 12.1. The Morgan fingerprint density at radius 1 is 1.23 bits per heavy atom. The molecule has 1 amide bonds. The molecule has 2 aromatic rings. The first-order valence-electron chi connectivity index (χ1n) is 9.28. The van der Waals surface area contributed by atoms with E-state index in [1.807, 2.05) is 6.92 Å². The van der Waals surface area contributed by atoms with Crippen molar-refractivity contribution in [1.29, 1.82) is 0 Å². The minimum atomic E-state index is -4.60. The summed E-state index contributed by atoms with van der Waals surface area (Å²) in [6.07, 6.45) is -2.81. The van der Waals surface area contributed by atoms with Crippen LogP contribution in [0.1, 0.15) is 24.5 Å². The molecule has 1 heterocycles. The van der Waals surface area contributed by atoms with E-state index in [4.69, 9.17) is 4.74 Å². The minimum Gasteiger partial charge on any atom is -0.383 e. The first-order valence-corrected chi connectivity index (χ1v) is 9.28. The van der Waals surface area contributed by atoms with Gasteiger partial charge in [-0.05, 0) is 36.8 Å². The second kappa shape index (κ2) is 8.74. The molecule has 1 aliphatic heterocycles. The molecule has 5 nitrogen and oxygen atoms in total. The van der Waals surface area contributed by atoms with Crippen molar-refractivity contribution in [1.82, 2.24) is 0 Å². The number of hydrogen-bond donors (Lipinski definition) is 3. The van der Waals surface area contributed by atoms with Crippen LogP contribution in [-0.4, -0.2) is 25.7 Å². The van der Waals surface area contributed by atoms with Gasteiger partial charge in [0.2, 0.25) is 0 Å². The van der Waals surface area contributed by atoms with Gasteiger partial charge in [0.05, 0.1) is 23.4 Å². The van der Waals surface area contributed by atoms with E-state index in [-0.39, 0.29) is 35.2 Å². The molecule has 0 spiro atoms. The van der Waals surface area contributed by atoms with Gasteiger partial charge in [0.15, 0.2) is 0 Å². The Bertz CT molecular complexity index is 973. The van der Waals surface area contributed by atoms with Gasteiger partial charge in [-0.1, -0.05) is 13.0 Å². The molecule has 0 aromatic heterocycles. The average molecular weight is 423 g/mol. The van der Waals surface area contributed by atoms with Gasteiger partial charge in [-0.15, -0.1) is 0 Å². The molecule has 30 heavy (non-hydrogen) atoms. The normalized spacial score (nSPS) is 15.7. The van der Waals surface area contributed by atoms with Gasteiger partial charge in [-0.3, -0.25) is 4.79 Å². The van der Waals surface area contributed by atoms with Crippen LogP contribution in [0.3, 0.4) is 0 Å². The Morgan fingerprint density at radius 3 is 2.67 bits per heavy atom. The molecule has 0 saturated carbocycles. The smallest absolute Gasteiger partial charge is 0.383 e. The summed E-state index contributed by atoms with van der Waals surface area (Å²) in [5.41, 5.74) is -0.424. The maximum absolute atomic E-state index is 14.1. The van der Waals surface area contributed by atoms with Crippen LogP contribution in [0, 0.1) is 5.82 Å². The quantitative estimate of drug-likeness (QED) is 0.429. The van der Waals surface area contributed by atoms with E-state index < -0.39 is 23.5 Å². The number of carbonyl (C=O) groups excluding carboxylic acids is 1. The van der Waals surface area contributed by atoms with Crippen molar-refractivity contribution >= 4 is 28.5 Å². The molecule has 1 unspecified atom stereocenters. The van der Waals surface area contributed by atoms with E-state index in [0.29, 0.717) is 12.1 Å². The number of benzene rings is 2. The lowest BCUT2D eigenvalue weighted by atomic mass is 10.1. The molecule has 3 N–H and O–H groups in total. The van der Waals surface area contributed by atoms with Crippen LogP contribution in [-0.2, 0) is 15.7 Å². The largest absolute Gasteiger partial charge is 0.418 e. The lowest BCUT2D eigenvalue weighted by Crippen LogP contribution is -2.25. The summed E-state index contributed by atoms with van der Waals surface area (Å²) in [6.45, 7) is 2.11. The number of rotatable bonds is 7. The Labute approximate surface area is 171 Å². The van der Waals surface area contributed by atoms with Crippen molar-refractivity contribution < 1.29 is 27.1 Å². The molecule has 9 heteroatoms. The highest BCUT2D eigenvalue weighted by Crippen LogP contribution is 2.38. The summed E-state index contributed by atoms with van der Waals surface area (Å²) in [5, 5.41) is 8.05. The van der Waals surface area contributed by atoms with Crippen molar-refractivity contribution in [2.24, 2.45) is 0 Å². The van der Waals surface area contributed by atoms with Gasteiger partial charge in [0.25, 0.3) is 5.91 Å². The van der Waals surface area contributed by atoms with Crippen LogP contribution >= 0.6 is 0 Å². The molecule has 2 aromatic carbocycles. The highest BCUT2D eigenvalue weighted by atomic mass is 19.4. The third kappa shape index (κ3) is 4.56. The van der Waals surface area contributed by atoms with E-state index in [0.717, 1.165) is 6.07 Å². The van der Waals surface area contributed by atoms with Gasteiger partial charge in [0, 0.05) is 36.3 Å². The van der Waals surface area contributed by atoms with Gasteiger partial charge in [0.1, 0.15) is 5.82 Å². The first-order chi connectivity index (χ1) is 14.2. The minimum absolute atomic E-state index is 0.00463. The first kappa shape index (κ1) is 21.6. The number of halogens is 4. The predicted molar refractivity (Wildman–Crippen MR) is 108 cm³/mol. The van der Waals surface area contributed by atoms with E-state index in [1.54, 1.807) is 6.07 Å². The van der Waals surface area contributed by atoms with Gasteiger partial charge >= 0.3 is 6.18 Å². The highest BCUT2D eigenvalue weighted by Gasteiger charge is 2.34. The summed E-state index contributed by atoms with van der Waals surface area (Å²) in [6, 6.07) is 7.63. The lowest BCUT2D eigenvalue weighted by Gasteiger charge is -2.21. The highest BCUT2D eigenvalue weighted by molar-refractivity contribution is 6.31. The summed E-state index contributed by atoms with van der Waals surface area (Å²) < 4.78 is 59.9. The van der Waals surface area contributed by atoms with Crippen molar-refractivity contribution in [3.63, 3.8) is 0 Å². The second-order valence-corrected chi connectivity index (χ2v) is 6.78. The van der Waals surface area contributed by atoms with Gasteiger partial charge in [-0.25, -0.2) is 4.39 Å². The number of alkyl halides is 3. The van der Waals surface area contributed by atoms with Gasteiger partial charge < -0.3 is 20.7 Å². The van der Waals surface area contributed by atoms with Crippen molar-refractivity contribution in [3.8, 4) is 0 Å². The van der Waals surface area contributed by atoms with Crippen molar-refractivity contribution in [3.05, 3.63) is 59.5 Å². The Morgan fingerprint density at radius 2 is 2.00 bits per heavy atom. The molecular formula is C21H21F4N3O2. The fourth-order valence-corrected chi connectivity index (χ4v) is 3.18. The summed E-state index contributed by atoms with van der Waals surface area (Å²) in [5.74, 6) is -1.14. The van der Waals surface area contributed by atoms with Crippen LogP contribution in [0.4, 0.5) is 34.6 Å². The Hall–Kier alpha value is -3.07. The molecule has 160 valence electrons. The monoisotopic (exact) mass is 423 g/mol. The maximum atomic E-state index is 14.1. The standard InChI is InChI=1S/C21H21F4N3O2/c1-3-12(11-30-2)27-17-8-7-13(9-15(17)21(23,24)25)26-10-14-19-16(22)5-4-6-18(19)28-20(14)29/h4-10,12,26-27H,3,11H2,1-2H3,(H,28,29). The Balaban J connectivity index is 1.89. The van der Waals surface area contributed by atoms with Gasteiger partial charge in [-0.2, -0.15) is 13.2 Å². The zero-order valence-electron chi connectivity index (χ0n) is 16.4. The summed E-state index contributed by atoms with van der Waals surface area (Å²) in [7, 11) is 1.48. The predicted octanol–water partition coefficient (Wildman–Crippen LogP) is 5.09. The molecule has 0 saturated heterocycles. The molecule has 0 radical (unpaired) electrons. The zero-order chi connectivity index (χ0) is 21.9. The number of ether oxygens (including phenoxy) is 1. The molecule has 1 aliphatic rings. The molecular weight excluding hydrogens is 402 g/mol. The number of amides is 1. The molecule has 0 aliphatic carbocycles. The number of hydrogen-bond acceptors (Lipinski definition) is 4. The average Bonchev–Trinajstić information content (AvgIpc) is 3.02. The number of nitrogens with one attached hydrogen (secondary N) is 3. The molecule has 0 bridgehead atoms. The van der Waals surface area contributed by atoms with Crippen LogP contribution in [0.15, 0.2) is 42.6 Å². The number of carbonyl (C=O) groups is 1. The molecule has 0 fully saturated rings. The SMILES string of the molecule is CCC(COC)Nc1ccc(NC=C2C(=O)Nc3cccc(F)c32)cc1C(F)(F)F. The molecule has 3 rings (SSSR count). The van der Waals surface area contributed by atoms with E-state index in [1.165, 1.54) is 37.6 Å². The fourth-order valence-electron chi connectivity index (χ4n) is 3.18.